The van der Waals surface area contributed by atoms with Crippen LogP contribution in [0.4, 0.5) is 0 Å². The van der Waals surface area contributed by atoms with Crippen molar-refractivity contribution in [3.05, 3.63) is 20.6 Å². The number of H-pyrrole nitrogens is 1. The van der Waals surface area contributed by atoms with E-state index in [2.05, 4.69) is 46.7 Å². The molecule has 4 heteroatoms. The molecule has 1 N–H and O–H groups in total. The van der Waals surface area contributed by atoms with Crippen molar-refractivity contribution in [2.75, 3.05) is 0 Å². The van der Waals surface area contributed by atoms with E-state index in [1.165, 1.54) is 5.69 Å². The van der Waals surface area contributed by atoms with Crippen LogP contribution in [-0.2, 0) is 12.8 Å². The van der Waals surface area contributed by atoms with Crippen LogP contribution in [0.15, 0.2) is 4.47 Å². The van der Waals surface area contributed by atoms with Crippen molar-refractivity contribution in [3.8, 4) is 0 Å². The van der Waals surface area contributed by atoms with Crippen molar-refractivity contribution in [2.24, 2.45) is 5.92 Å². The second-order valence-corrected chi connectivity index (χ2v) is 5.31. The van der Waals surface area contributed by atoms with Crippen molar-refractivity contribution in [3.63, 3.8) is 0 Å². The minimum Gasteiger partial charge on any atom is -0.346 e. The first-order chi connectivity index (χ1) is 7.04. The molecule has 15 heavy (non-hydrogen) atoms. The number of halogens is 1. The Morgan fingerprint density at radius 2 is 2.13 bits per heavy atom. The van der Waals surface area contributed by atoms with Crippen LogP contribution in [0.25, 0.3) is 0 Å². The highest BCUT2D eigenvalue weighted by Crippen LogP contribution is 2.18. The lowest BCUT2D eigenvalue weighted by Gasteiger charge is -2.09. The van der Waals surface area contributed by atoms with Gasteiger partial charge in [-0.2, -0.15) is 0 Å². The molecule has 0 unspecified atom stereocenters. The van der Waals surface area contributed by atoms with Gasteiger partial charge in [0.25, 0.3) is 0 Å². The standard InChI is InChI=1S/C11H17BrN2S/c1-4-5-8-10(12)11(15)14-9(13-8)6-7(2)3/h7H,4-6H2,1-3H3,(H,13,14,15). The highest BCUT2D eigenvalue weighted by atomic mass is 79.9. The molecule has 0 bridgehead atoms. The van der Waals surface area contributed by atoms with E-state index in [0.29, 0.717) is 10.6 Å². The van der Waals surface area contributed by atoms with Crippen molar-refractivity contribution in [2.45, 2.75) is 40.0 Å². The van der Waals surface area contributed by atoms with Crippen molar-refractivity contribution < 1.29 is 0 Å². The monoisotopic (exact) mass is 288 g/mol. The summed E-state index contributed by atoms with van der Waals surface area (Å²) < 4.78 is 1.62. The topological polar surface area (TPSA) is 28.7 Å². The van der Waals surface area contributed by atoms with Crippen molar-refractivity contribution in [1.82, 2.24) is 9.97 Å². The summed E-state index contributed by atoms with van der Waals surface area (Å²) in [4.78, 5) is 7.73. The molecule has 0 radical (unpaired) electrons. The normalized spacial score (nSPS) is 11.0. The van der Waals surface area contributed by atoms with Gasteiger partial charge in [0.2, 0.25) is 0 Å². The minimum atomic E-state index is 0.596. The van der Waals surface area contributed by atoms with Gasteiger partial charge in [-0.15, -0.1) is 0 Å². The molecular weight excluding hydrogens is 272 g/mol. The van der Waals surface area contributed by atoms with Gasteiger partial charge < -0.3 is 4.98 Å². The Labute approximate surface area is 105 Å². The molecule has 2 nitrogen and oxygen atoms in total. The van der Waals surface area contributed by atoms with Crippen LogP contribution in [0.3, 0.4) is 0 Å². The van der Waals surface area contributed by atoms with E-state index in [9.17, 15) is 0 Å². The van der Waals surface area contributed by atoms with Crippen molar-refractivity contribution in [1.29, 1.82) is 0 Å². The number of aromatic amines is 1. The van der Waals surface area contributed by atoms with Crippen LogP contribution in [0.1, 0.15) is 38.7 Å². The molecule has 1 aromatic heterocycles. The molecule has 0 spiro atoms. The number of hydrogen-bond donors (Lipinski definition) is 1. The minimum absolute atomic E-state index is 0.596. The lowest BCUT2D eigenvalue weighted by molar-refractivity contribution is 0.615. The largest absolute Gasteiger partial charge is 0.346 e. The molecule has 0 aliphatic carbocycles. The fraction of sp³-hybridized carbons (Fsp3) is 0.636. The summed E-state index contributed by atoms with van der Waals surface area (Å²) >= 11 is 8.70. The molecule has 1 aromatic rings. The quantitative estimate of drug-likeness (QED) is 0.847. The zero-order valence-electron chi connectivity index (χ0n) is 9.43. The van der Waals surface area contributed by atoms with E-state index in [0.717, 1.165) is 29.6 Å². The number of aromatic nitrogens is 2. The third kappa shape index (κ3) is 3.68. The molecule has 1 heterocycles. The molecule has 0 fully saturated rings. The zero-order valence-corrected chi connectivity index (χ0v) is 11.8. The van der Waals surface area contributed by atoms with E-state index < -0.39 is 0 Å². The predicted octanol–water partition coefficient (Wildman–Crippen LogP) is 4.05. The molecule has 0 saturated heterocycles. The Hall–Kier alpha value is -0.220. The maximum absolute atomic E-state index is 5.22. The lowest BCUT2D eigenvalue weighted by Crippen LogP contribution is -2.05. The first kappa shape index (κ1) is 12.8. The van der Waals surface area contributed by atoms with Gasteiger partial charge in [-0.3, -0.25) is 0 Å². The number of rotatable bonds is 4. The average Bonchev–Trinajstić information content (AvgIpc) is 2.12. The van der Waals surface area contributed by atoms with Gasteiger partial charge >= 0.3 is 0 Å². The van der Waals surface area contributed by atoms with Gasteiger partial charge in [0.1, 0.15) is 10.5 Å². The molecule has 0 aromatic carbocycles. The van der Waals surface area contributed by atoms with Crippen LogP contribution in [0.5, 0.6) is 0 Å². The number of hydrogen-bond acceptors (Lipinski definition) is 2. The van der Waals surface area contributed by atoms with Gasteiger partial charge in [-0.1, -0.05) is 39.4 Å². The van der Waals surface area contributed by atoms with E-state index in [4.69, 9.17) is 12.2 Å². The second-order valence-electron chi connectivity index (χ2n) is 4.13. The molecule has 84 valence electrons. The average molecular weight is 289 g/mol. The van der Waals surface area contributed by atoms with Gasteiger partial charge in [0.05, 0.1) is 4.47 Å². The summed E-state index contributed by atoms with van der Waals surface area (Å²) in [7, 11) is 0. The zero-order chi connectivity index (χ0) is 11.4. The Balaban J connectivity index is 3.06. The molecular formula is C11H17BrN2S. The van der Waals surface area contributed by atoms with Crippen LogP contribution >= 0.6 is 28.1 Å². The Kier molecular flexibility index (Phi) is 4.93. The Morgan fingerprint density at radius 1 is 1.47 bits per heavy atom. The van der Waals surface area contributed by atoms with E-state index in [1.807, 2.05) is 0 Å². The predicted molar refractivity (Wildman–Crippen MR) is 69.7 cm³/mol. The third-order valence-electron chi connectivity index (χ3n) is 2.09. The second kappa shape index (κ2) is 5.75. The smallest absolute Gasteiger partial charge is 0.144 e. The molecule has 1 rings (SSSR count). The van der Waals surface area contributed by atoms with E-state index in [-0.39, 0.29) is 0 Å². The molecule has 0 aliphatic rings. The molecule has 0 amide bonds. The van der Waals surface area contributed by atoms with E-state index in [1.54, 1.807) is 0 Å². The number of nitrogens with zero attached hydrogens (tertiary/aromatic N) is 1. The van der Waals surface area contributed by atoms with Crippen LogP contribution < -0.4 is 0 Å². The fourth-order valence-electron chi connectivity index (χ4n) is 1.46. The summed E-state index contributed by atoms with van der Waals surface area (Å²) in [5.74, 6) is 1.60. The summed E-state index contributed by atoms with van der Waals surface area (Å²) in [6.07, 6.45) is 3.07. The van der Waals surface area contributed by atoms with E-state index >= 15 is 0 Å². The van der Waals surface area contributed by atoms with Crippen molar-refractivity contribution >= 4 is 28.1 Å². The maximum atomic E-state index is 5.22. The van der Waals surface area contributed by atoms with Crippen LogP contribution in [0.2, 0.25) is 0 Å². The summed E-state index contributed by atoms with van der Waals surface area (Å²) in [5.41, 5.74) is 1.17. The SMILES string of the molecule is CCCc1[nH]c(CC(C)C)nc(=S)c1Br. The van der Waals surface area contributed by atoms with Crippen LogP contribution in [0, 0.1) is 10.6 Å². The molecule has 0 atom stereocenters. The van der Waals surface area contributed by atoms with Gasteiger partial charge in [0.15, 0.2) is 0 Å². The summed E-state index contributed by atoms with van der Waals surface area (Å²) in [5, 5.41) is 0. The molecule has 0 aliphatic heterocycles. The molecule has 0 saturated carbocycles. The Bertz CT molecular complexity index is 385. The first-order valence-electron chi connectivity index (χ1n) is 5.32. The highest BCUT2D eigenvalue weighted by molar-refractivity contribution is 9.10. The summed E-state index contributed by atoms with van der Waals surface area (Å²) in [6, 6.07) is 0. The van der Waals surface area contributed by atoms with Gasteiger partial charge in [-0.05, 0) is 28.3 Å². The fourth-order valence-corrected chi connectivity index (χ4v) is 2.08. The maximum Gasteiger partial charge on any atom is 0.144 e. The van der Waals surface area contributed by atoms with Gasteiger partial charge in [0, 0.05) is 12.1 Å². The Morgan fingerprint density at radius 3 is 2.67 bits per heavy atom. The van der Waals surface area contributed by atoms with Crippen LogP contribution in [-0.4, -0.2) is 9.97 Å². The summed E-state index contributed by atoms with van der Waals surface area (Å²) in [6.45, 7) is 6.52. The number of nitrogens with one attached hydrogen (secondary N) is 1. The number of aryl methyl sites for hydroxylation is 1. The first-order valence-corrected chi connectivity index (χ1v) is 6.52. The third-order valence-corrected chi connectivity index (χ3v) is 3.50. The van der Waals surface area contributed by atoms with Gasteiger partial charge in [-0.25, -0.2) is 4.98 Å². The lowest BCUT2D eigenvalue weighted by atomic mass is 10.1. The highest BCUT2D eigenvalue weighted by Gasteiger charge is 2.06.